The van der Waals surface area contributed by atoms with Crippen LogP contribution in [0.25, 0.3) is 0 Å². The molecule has 4 nitrogen and oxygen atoms in total. The monoisotopic (exact) mass is 229 g/mol. The van der Waals surface area contributed by atoms with Gasteiger partial charge in [0.15, 0.2) is 0 Å². The number of aryl methyl sites for hydroxylation is 1. The van der Waals surface area contributed by atoms with Crippen molar-refractivity contribution in [2.75, 3.05) is 0 Å². The van der Waals surface area contributed by atoms with E-state index in [2.05, 4.69) is 11.1 Å². The van der Waals surface area contributed by atoms with Crippen LogP contribution in [0.1, 0.15) is 39.9 Å². The van der Waals surface area contributed by atoms with Crippen molar-refractivity contribution in [3.8, 4) is 0 Å². The number of furan rings is 1. The van der Waals surface area contributed by atoms with E-state index in [1.807, 2.05) is 6.07 Å². The van der Waals surface area contributed by atoms with E-state index >= 15 is 0 Å². The highest BCUT2D eigenvalue weighted by Crippen LogP contribution is 2.37. The fourth-order valence-corrected chi connectivity index (χ4v) is 2.34. The summed E-state index contributed by atoms with van der Waals surface area (Å²) in [4.78, 5) is 15.1. The molecule has 2 aromatic heterocycles. The normalized spacial score (nSPS) is 18.0. The second-order valence-electron chi connectivity index (χ2n) is 4.15. The average Bonchev–Trinajstić information content (AvgIpc) is 2.95. The van der Waals surface area contributed by atoms with Crippen LogP contribution in [0.5, 0.6) is 0 Å². The molecule has 1 atom stereocenters. The number of fused-ring (bicyclic) bond motifs is 1. The molecule has 0 amide bonds. The lowest BCUT2D eigenvalue weighted by molar-refractivity contribution is 0.0660. The van der Waals surface area contributed by atoms with Gasteiger partial charge in [0.2, 0.25) is 5.76 Å². The van der Waals surface area contributed by atoms with Crippen molar-refractivity contribution in [1.82, 2.24) is 4.98 Å². The van der Waals surface area contributed by atoms with Gasteiger partial charge in [0.25, 0.3) is 0 Å². The molecular formula is C13H11NO3. The third kappa shape index (κ3) is 1.62. The lowest BCUT2D eigenvalue weighted by Gasteiger charge is -2.06. The van der Waals surface area contributed by atoms with E-state index in [1.165, 1.54) is 11.6 Å². The van der Waals surface area contributed by atoms with E-state index in [1.54, 1.807) is 12.3 Å². The summed E-state index contributed by atoms with van der Waals surface area (Å²) >= 11 is 0. The summed E-state index contributed by atoms with van der Waals surface area (Å²) in [5.41, 5.74) is 2.24. The van der Waals surface area contributed by atoms with Gasteiger partial charge in [-0.25, -0.2) is 4.79 Å². The molecule has 2 aromatic rings. The van der Waals surface area contributed by atoms with Gasteiger partial charge in [-0.1, -0.05) is 6.07 Å². The third-order valence-electron chi connectivity index (χ3n) is 3.14. The Labute approximate surface area is 97.9 Å². The summed E-state index contributed by atoms with van der Waals surface area (Å²) in [6.07, 6.45) is 3.66. The van der Waals surface area contributed by atoms with Crippen molar-refractivity contribution in [2.45, 2.75) is 18.8 Å². The number of carbonyl (C=O) groups is 1. The van der Waals surface area contributed by atoms with Crippen molar-refractivity contribution in [3.05, 3.63) is 53.2 Å². The van der Waals surface area contributed by atoms with E-state index in [-0.39, 0.29) is 11.7 Å². The molecule has 0 spiro atoms. The molecule has 1 aliphatic carbocycles. The van der Waals surface area contributed by atoms with Gasteiger partial charge >= 0.3 is 5.97 Å². The van der Waals surface area contributed by atoms with Crippen molar-refractivity contribution in [3.63, 3.8) is 0 Å². The zero-order valence-corrected chi connectivity index (χ0v) is 9.09. The molecule has 2 heterocycles. The first-order valence-electron chi connectivity index (χ1n) is 5.52. The molecule has 0 bridgehead atoms. The smallest absolute Gasteiger partial charge is 0.371 e. The summed E-state index contributed by atoms with van der Waals surface area (Å²) in [5.74, 6) is -0.251. The van der Waals surface area contributed by atoms with E-state index in [4.69, 9.17) is 9.52 Å². The molecule has 86 valence electrons. The Kier molecular flexibility index (Phi) is 2.21. The molecule has 0 saturated carbocycles. The van der Waals surface area contributed by atoms with Gasteiger partial charge in [-0.2, -0.15) is 0 Å². The Morgan fingerprint density at radius 2 is 2.29 bits per heavy atom. The molecule has 1 aliphatic rings. The molecule has 0 radical (unpaired) electrons. The number of hydrogen-bond donors (Lipinski definition) is 1. The lowest BCUT2D eigenvalue weighted by Crippen LogP contribution is -1.97. The van der Waals surface area contributed by atoms with Crippen LogP contribution in [-0.2, 0) is 6.42 Å². The van der Waals surface area contributed by atoms with Crippen LogP contribution >= 0.6 is 0 Å². The Bertz CT molecular complexity index is 574. The largest absolute Gasteiger partial charge is 0.475 e. The second kappa shape index (κ2) is 3.73. The van der Waals surface area contributed by atoms with Crippen LogP contribution in [0.15, 0.2) is 34.9 Å². The van der Waals surface area contributed by atoms with Crippen LogP contribution in [0.3, 0.4) is 0 Å². The highest BCUT2D eigenvalue weighted by molar-refractivity contribution is 5.84. The highest BCUT2D eigenvalue weighted by atomic mass is 16.4. The Balaban J connectivity index is 1.98. The van der Waals surface area contributed by atoms with Crippen LogP contribution in [-0.4, -0.2) is 16.1 Å². The Hall–Kier alpha value is -2.10. The predicted molar refractivity (Wildman–Crippen MR) is 60.1 cm³/mol. The van der Waals surface area contributed by atoms with Gasteiger partial charge in [-0.05, 0) is 36.6 Å². The minimum atomic E-state index is -1.03. The van der Waals surface area contributed by atoms with Crippen LogP contribution in [0, 0.1) is 0 Å². The Morgan fingerprint density at radius 3 is 3.06 bits per heavy atom. The second-order valence-corrected chi connectivity index (χ2v) is 4.15. The number of aromatic nitrogens is 1. The molecule has 4 heteroatoms. The first-order valence-corrected chi connectivity index (χ1v) is 5.52. The average molecular weight is 229 g/mol. The number of nitrogens with zero attached hydrogens (tertiary/aromatic N) is 1. The third-order valence-corrected chi connectivity index (χ3v) is 3.14. The highest BCUT2D eigenvalue weighted by Gasteiger charge is 2.28. The molecule has 1 unspecified atom stereocenters. The van der Waals surface area contributed by atoms with Crippen LogP contribution in [0.4, 0.5) is 0 Å². The van der Waals surface area contributed by atoms with E-state index in [0.717, 1.165) is 18.5 Å². The van der Waals surface area contributed by atoms with Gasteiger partial charge in [0, 0.05) is 6.20 Å². The summed E-state index contributed by atoms with van der Waals surface area (Å²) in [6.45, 7) is 0. The van der Waals surface area contributed by atoms with Crippen molar-refractivity contribution >= 4 is 5.97 Å². The van der Waals surface area contributed by atoms with Crippen molar-refractivity contribution in [1.29, 1.82) is 0 Å². The van der Waals surface area contributed by atoms with E-state index in [9.17, 15) is 4.79 Å². The molecule has 0 saturated heterocycles. The molecule has 0 aromatic carbocycles. The minimum absolute atomic E-state index is 0.00983. The number of carboxylic acid groups (broad SMARTS) is 1. The first kappa shape index (κ1) is 10.1. The Morgan fingerprint density at radius 1 is 1.41 bits per heavy atom. The van der Waals surface area contributed by atoms with Gasteiger partial charge in [0.1, 0.15) is 5.76 Å². The maximum Gasteiger partial charge on any atom is 0.371 e. The quantitative estimate of drug-likeness (QED) is 0.859. The zero-order chi connectivity index (χ0) is 11.8. The SMILES string of the molecule is O=C(O)c1ccc(C2CCc3cccnc32)o1. The molecule has 0 fully saturated rings. The molecular weight excluding hydrogens is 218 g/mol. The molecule has 17 heavy (non-hydrogen) atoms. The number of rotatable bonds is 2. The van der Waals surface area contributed by atoms with Crippen LogP contribution in [0.2, 0.25) is 0 Å². The van der Waals surface area contributed by atoms with Crippen LogP contribution < -0.4 is 0 Å². The molecule has 0 aliphatic heterocycles. The summed E-state index contributed by atoms with van der Waals surface area (Å²) in [7, 11) is 0. The van der Waals surface area contributed by atoms with Gasteiger partial charge in [-0.3, -0.25) is 4.98 Å². The first-order chi connectivity index (χ1) is 8.25. The fraction of sp³-hybridized carbons (Fsp3) is 0.231. The number of carboxylic acids is 1. The maximum atomic E-state index is 10.8. The number of aromatic carboxylic acids is 1. The molecule has 3 rings (SSSR count). The van der Waals surface area contributed by atoms with Gasteiger partial charge < -0.3 is 9.52 Å². The maximum absolute atomic E-state index is 10.8. The van der Waals surface area contributed by atoms with Gasteiger partial charge in [-0.15, -0.1) is 0 Å². The summed E-state index contributed by atoms with van der Waals surface area (Å²) in [6, 6.07) is 7.21. The predicted octanol–water partition coefficient (Wildman–Crippen LogP) is 2.45. The van der Waals surface area contributed by atoms with Crippen molar-refractivity contribution in [2.24, 2.45) is 0 Å². The number of hydrogen-bond acceptors (Lipinski definition) is 3. The zero-order valence-electron chi connectivity index (χ0n) is 9.09. The minimum Gasteiger partial charge on any atom is -0.475 e. The van der Waals surface area contributed by atoms with E-state index in [0.29, 0.717) is 5.76 Å². The standard InChI is InChI=1S/C13H11NO3/c15-13(16)11-6-5-10(17-11)9-4-3-8-2-1-7-14-12(8)9/h1-2,5-7,9H,3-4H2,(H,15,16). The van der Waals surface area contributed by atoms with Crippen molar-refractivity contribution < 1.29 is 14.3 Å². The fourth-order valence-electron chi connectivity index (χ4n) is 2.34. The number of pyridine rings is 1. The van der Waals surface area contributed by atoms with E-state index < -0.39 is 5.97 Å². The lowest BCUT2D eigenvalue weighted by atomic mass is 10.0. The summed E-state index contributed by atoms with van der Waals surface area (Å²) < 4.78 is 5.35. The molecule has 1 N–H and O–H groups in total. The topological polar surface area (TPSA) is 63.3 Å². The van der Waals surface area contributed by atoms with Gasteiger partial charge in [0.05, 0.1) is 11.6 Å². The summed E-state index contributed by atoms with van der Waals surface area (Å²) in [5, 5.41) is 8.83.